The highest BCUT2D eigenvalue weighted by atomic mass is 16.5. The molecule has 0 aromatic heterocycles. The summed E-state index contributed by atoms with van der Waals surface area (Å²) in [6, 6.07) is 0. The maximum Gasteiger partial charge on any atom is 0.243 e. The zero-order valence-corrected chi connectivity index (χ0v) is 7.38. The SMILES string of the molecule is NCCCCCCCC(=O)NO. The predicted molar refractivity (Wildman–Crippen MR) is 46.7 cm³/mol. The molecule has 4 N–H and O–H groups in total. The first kappa shape index (κ1) is 11.4. The first-order valence-electron chi connectivity index (χ1n) is 4.44. The van der Waals surface area contributed by atoms with Crippen LogP contribution < -0.4 is 11.2 Å². The van der Waals surface area contributed by atoms with Crippen molar-refractivity contribution in [3.63, 3.8) is 0 Å². The summed E-state index contributed by atoms with van der Waals surface area (Å²) < 4.78 is 0. The standard InChI is InChI=1S/C8H18N2O2/c9-7-5-3-1-2-4-6-8(11)10-12/h12H,1-7,9H2,(H,10,11). The molecular weight excluding hydrogens is 156 g/mol. The fourth-order valence-corrected chi connectivity index (χ4v) is 1.02. The van der Waals surface area contributed by atoms with E-state index in [1.165, 1.54) is 0 Å². The fourth-order valence-electron chi connectivity index (χ4n) is 1.02. The number of rotatable bonds is 7. The Morgan fingerprint density at radius 1 is 1.17 bits per heavy atom. The Bertz CT molecular complexity index is 118. The summed E-state index contributed by atoms with van der Waals surface area (Å²) in [6.07, 6.45) is 5.61. The van der Waals surface area contributed by atoms with Gasteiger partial charge in [0.25, 0.3) is 0 Å². The number of amides is 1. The fraction of sp³-hybridized carbons (Fsp3) is 0.875. The van der Waals surface area contributed by atoms with Crippen LogP contribution in [0.3, 0.4) is 0 Å². The first-order chi connectivity index (χ1) is 5.81. The third kappa shape index (κ3) is 7.50. The van der Waals surface area contributed by atoms with Gasteiger partial charge in [0.05, 0.1) is 0 Å². The molecule has 0 aliphatic rings. The summed E-state index contributed by atoms with van der Waals surface area (Å²) in [4.78, 5) is 10.5. The van der Waals surface area contributed by atoms with Crippen molar-refractivity contribution in [2.75, 3.05) is 6.54 Å². The van der Waals surface area contributed by atoms with E-state index in [-0.39, 0.29) is 5.91 Å². The van der Waals surface area contributed by atoms with Gasteiger partial charge in [-0.1, -0.05) is 19.3 Å². The van der Waals surface area contributed by atoms with E-state index >= 15 is 0 Å². The van der Waals surface area contributed by atoms with Crippen LogP contribution in [0.4, 0.5) is 0 Å². The average Bonchev–Trinajstić information content (AvgIpc) is 2.10. The smallest absolute Gasteiger partial charge is 0.243 e. The summed E-state index contributed by atoms with van der Waals surface area (Å²) in [5.74, 6) is -0.297. The van der Waals surface area contributed by atoms with Crippen LogP contribution in [0.15, 0.2) is 0 Å². The molecule has 0 bridgehead atoms. The van der Waals surface area contributed by atoms with Gasteiger partial charge in [0.15, 0.2) is 0 Å². The monoisotopic (exact) mass is 174 g/mol. The van der Waals surface area contributed by atoms with Crippen LogP contribution in [0, 0.1) is 0 Å². The number of carbonyl (C=O) groups is 1. The second kappa shape index (κ2) is 8.49. The lowest BCUT2D eigenvalue weighted by Gasteiger charge is -1.99. The molecule has 0 fully saturated rings. The Morgan fingerprint density at radius 2 is 1.75 bits per heavy atom. The van der Waals surface area contributed by atoms with E-state index in [0.717, 1.165) is 38.6 Å². The lowest BCUT2D eigenvalue weighted by molar-refractivity contribution is -0.129. The van der Waals surface area contributed by atoms with E-state index in [9.17, 15) is 4.79 Å². The normalized spacial score (nSPS) is 9.83. The molecule has 0 spiro atoms. The Hall–Kier alpha value is -0.610. The Kier molecular flexibility index (Phi) is 8.05. The topological polar surface area (TPSA) is 75.4 Å². The van der Waals surface area contributed by atoms with E-state index in [1.807, 2.05) is 0 Å². The number of hydrogen-bond acceptors (Lipinski definition) is 3. The lowest BCUT2D eigenvalue weighted by Crippen LogP contribution is -2.17. The number of hydrogen-bond donors (Lipinski definition) is 3. The second-order valence-corrected chi connectivity index (χ2v) is 2.84. The van der Waals surface area contributed by atoms with Gasteiger partial charge < -0.3 is 5.73 Å². The lowest BCUT2D eigenvalue weighted by atomic mass is 10.1. The molecule has 0 saturated carbocycles. The number of nitrogens with two attached hydrogens (primary N) is 1. The molecule has 4 heteroatoms. The predicted octanol–water partition coefficient (Wildman–Crippen LogP) is 0.791. The molecule has 12 heavy (non-hydrogen) atoms. The van der Waals surface area contributed by atoms with Crippen molar-refractivity contribution < 1.29 is 10.0 Å². The van der Waals surface area contributed by atoms with E-state index in [1.54, 1.807) is 5.48 Å². The highest BCUT2D eigenvalue weighted by Crippen LogP contribution is 2.04. The van der Waals surface area contributed by atoms with E-state index in [4.69, 9.17) is 10.9 Å². The number of unbranched alkanes of at least 4 members (excludes halogenated alkanes) is 4. The Labute approximate surface area is 73.1 Å². The molecule has 0 aliphatic heterocycles. The number of carbonyl (C=O) groups excluding carboxylic acids is 1. The van der Waals surface area contributed by atoms with Gasteiger partial charge in [0.2, 0.25) is 5.91 Å². The van der Waals surface area contributed by atoms with Crippen molar-refractivity contribution in [3.8, 4) is 0 Å². The zero-order valence-electron chi connectivity index (χ0n) is 7.38. The van der Waals surface area contributed by atoms with Crippen LogP contribution in [-0.2, 0) is 4.79 Å². The van der Waals surface area contributed by atoms with Gasteiger partial charge in [-0.25, -0.2) is 5.48 Å². The molecule has 0 atom stereocenters. The number of hydroxylamine groups is 1. The molecule has 0 unspecified atom stereocenters. The minimum absolute atomic E-state index is 0.297. The highest BCUT2D eigenvalue weighted by molar-refractivity contribution is 5.74. The molecule has 0 rings (SSSR count). The third-order valence-corrected chi connectivity index (χ3v) is 1.73. The molecule has 0 aromatic carbocycles. The molecule has 0 aromatic rings. The number of nitrogens with one attached hydrogen (secondary N) is 1. The van der Waals surface area contributed by atoms with Crippen LogP contribution >= 0.6 is 0 Å². The largest absolute Gasteiger partial charge is 0.330 e. The summed E-state index contributed by atoms with van der Waals surface area (Å²) in [5.41, 5.74) is 6.92. The van der Waals surface area contributed by atoms with E-state index in [2.05, 4.69) is 0 Å². The van der Waals surface area contributed by atoms with Gasteiger partial charge in [-0.15, -0.1) is 0 Å². The molecule has 0 aliphatic carbocycles. The molecule has 1 amide bonds. The van der Waals surface area contributed by atoms with Crippen molar-refractivity contribution in [2.45, 2.75) is 38.5 Å². The van der Waals surface area contributed by atoms with Crippen molar-refractivity contribution in [3.05, 3.63) is 0 Å². The van der Waals surface area contributed by atoms with Gasteiger partial charge in [-0.05, 0) is 19.4 Å². The molecular formula is C8H18N2O2. The highest BCUT2D eigenvalue weighted by Gasteiger charge is 1.97. The van der Waals surface area contributed by atoms with Crippen LogP contribution in [0.2, 0.25) is 0 Å². The Balaban J connectivity index is 2.95. The van der Waals surface area contributed by atoms with Crippen molar-refractivity contribution in [1.82, 2.24) is 5.48 Å². The first-order valence-corrected chi connectivity index (χ1v) is 4.44. The quantitative estimate of drug-likeness (QED) is 0.303. The summed E-state index contributed by atoms with van der Waals surface area (Å²) in [5, 5.41) is 8.16. The summed E-state index contributed by atoms with van der Waals surface area (Å²) in [7, 11) is 0. The molecule has 0 saturated heterocycles. The maximum absolute atomic E-state index is 10.5. The minimum atomic E-state index is -0.297. The summed E-state index contributed by atoms with van der Waals surface area (Å²) in [6.45, 7) is 0.747. The van der Waals surface area contributed by atoms with Gasteiger partial charge in [-0.2, -0.15) is 0 Å². The van der Waals surface area contributed by atoms with E-state index in [0.29, 0.717) is 6.42 Å². The van der Waals surface area contributed by atoms with Crippen LogP contribution in [0.5, 0.6) is 0 Å². The molecule has 0 heterocycles. The van der Waals surface area contributed by atoms with Crippen LogP contribution in [0.25, 0.3) is 0 Å². The minimum Gasteiger partial charge on any atom is -0.330 e. The summed E-state index contributed by atoms with van der Waals surface area (Å²) >= 11 is 0. The van der Waals surface area contributed by atoms with Gasteiger partial charge in [0.1, 0.15) is 0 Å². The van der Waals surface area contributed by atoms with Crippen LogP contribution in [-0.4, -0.2) is 17.7 Å². The van der Waals surface area contributed by atoms with Crippen molar-refractivity contribution in [1.29, 1.82) is 0 Å². The van der Waals surface area contributed by atoms with Gasteiger partial charge >= 0.3 is 0 Å². The maximum atomic E-state index is 10.5. The third-order valence-electron chi connectivity index (χ3n) is 1.73. The van der Waals surface area contributed by atoms with Gasteiger partial charge in [-0.3, -0.25) is 10.0 Å². The van der Waals surface area contributed by atoms with E-state index < -0.39 is 0 Å². The molecule has 0 radical (unpaired) electrons. The molecule has 4 nitrogen and oxygen atoms in total. The average molecular weight is 174 g/mol. The van der Waals surface area contributed by atoms with Crippen molar-refractivity contribution in [2.24, 2.45) is 5.73 Å². The van der Waals surface area contributed by atoms with Crippen LogP contribution in [0.1, 0.15) is 38.5 Å². The second-order valence-electron chi connectivity index (χ2n) is 2.84. The zero-order chi connectivity index (χ0) is 9.23. The van der Waals surface area contributed by atoms with Gasteiger partial charge in [0, 0.05) is 6.42 Å². The molecule has 72 valence electrons. The van der Waals surface area contributed by atoms with Crippen molar-refractivity contribution >= 4 is 5.91 Å². The Morgan fingerprint density at radius 3 is 2.33 bits per heavy atom.